The summed E-state index contributed by atoms with van der Waals surface area (Å²) in [6.45, 7) is 5.96. The Morgan fingerprint density at radius 3 is 2.66 bits per heavy atom. The monoisotopic (exact) mass is 395 g/mol. The summed E-state index contributed by atoms with van der Waals surface area (Å²) in [5.41, 5.74) is 1.95. The van der Waals surface area contributed by atoms with Gasteiger partial charge in [0.25, 0.3) is 5.91 Å². The summed E-state index contributed by atoms with van der Waals surface area (Å²) in [6.07, 6.45) is 5.14. The first-order valence-electron chi connectivity index (χ1n) is 10.4. The Morgan fingerprint density at radius 1 is 1.24 bits per heavy atom. The Balaban J connectivity index is 1.56. The predicted molar refractivity (Wildman–Crippen MR) is 112 cm³/mol. The minimum Gasteiger partial charge on any atom is -0.347 e. The quantitative estimate of drug-likeness (QED) is 0.629. The normalized spacial score (nSPS) is 29.5. The molecule has 1 aliphatic carbocycles. The minimum absolute atomic E-state index is 0.0838. The number of benzene rings is 1. The lowest BCUT2D eigenvalue weighted by Crippen LogP contribution is -2.54. The molecule has 1 saturated heterocycles. The number of rotatable bonds is 3. The lowest BCUT2D eigenvalue weighted by atomic mass is 9.73. The maximum Gasteiger partial charge on any atom is 0.325 e. The second-order valence-electron chi connectivity index (χ2n) is 9.14. The average molecular weight is 396 g/mol. The highest BCUT2D eigenvalue weighted by molar-refractivity contribution is 6.10. The van der Waals surface area contributed by atoms with Crippen LogP contribution < -0.4 is 10.2 Å². The number of hydrogen-bond acceptors (Lipinski definition) is 4. The van der Waals surface area contributed by atoms with E-state index in [1.807, 2.05) is 37.1 Å². The number of urea groups is 1. The molecule has 2 heterocycles. The van der Waals surface area contributed by atoms with E-state index in [0.29, 0.717) is 6.42 Å². The van der Waals surface area contributed by atoms with E-state index in [1.54, 1.807) is 6.08 Å². The molecule has 0 radical (unpaired) electrons. The van der Waals surface area contributed by atoms with Gasteiger partial charge in [0.2, 0.25) is 0 Å². The lowest BCUT2D eigenvalue weighted by Gasteiger charge is -2.36. The van der Waals surface area contributed by atoms with Crippen molar-refractivity contribution in [3.63, 3.8) is 0 Å². The third-order valence-corrected chi connectivity index (χ3v) is 7.05. The van der Waals surface area contributed by atoms with Crippen LogP contribution in [0.25, 0.3) is 0 Å². The van der Waals surface area contributed by atoms with Gasteiger partial charge in [0.15, 0.2) is 5.78 Å². The molecule has 6 heteroatoms. The first-order chi connectivity index (χ1) is 13.7. The summed E-state index contributed by atoms with van der Waals surface area (Å²) in [5.74, 6) is -0.402. The molecule has 4 rings (SSSR count). The molecule has 3 aliphatic rings. The molecule has 1 aromatic rings. The van der Waals surface area contributed by atoms with Gasteiger partial charge in [0.1, 0.15) is 5.54 Å². The molecule has 29 heavy (non-hydrogen) atoms. The Bertz CT molecular complexity index is 920. The van der Waals surface area contributed by atoms with Crippen LogP contribution in [0.4, 0.5) is 10.5 Å². The molecule has 1 saturated carbocycles. The summed E-state index contributed by atoms with van der Waals surface area (Å²) in [7, 11) is 1.94. The van der Waals surface area contributed by atoms with E-state index in [1.165, 1.54) is 0 Å². The van der Waals surface area contributed by atoms with Gasteiger partial charge in [-0.3, -0.25) is 14.5 Å². The molecule has 1 aromatic carbocycles. The molecular weight excluding hydrogens is 366 g/mol. The van der Waals surface area contributed by atoms with Gasteiger partial charge in [0, 0.05) is 29.9 Å². The molecule has 2 atom stereocenters. The van der Waals surface area contributed by atoms with Gasteiger partial charge in [-0.15, -0.1) is 0 Å². The fraction of sp³-hybridized carbons (Fsp3) is 0.522. The number of carbonyl (C=O) groups excluding carboxylic acids is 3. The van der Waals surface area contributed by atoms with Crippen LogP contribution in [0.5, 0.6) is 0 Å². The van der Waals surface area contributed by atoms with Crippen LogP contribution in [0.1, 0.15) is 52.0 Å². The van der Waals surface area contributed by atoms with Crippen LogP contribution in [0, 0.1) is 5.92 Å². The van der Waals surface area contributed by atoms with Crippen molar-refractivity contribution >= 4 is 23.4 Å². The summed E-state index contributed by atoms with van der Waals surface area (Å²) in [4.78, 5) is 41.7. The smallest absolute Gasteiger partial charge is 0.325 e. The Labute approximate surface area is 171 Å². The number of anilines is 1. The maximum absolute atomic E-state index is 13.1. The highest BCUT2D eigenvalue weighted by atomic mass is 16.2. The highest BCUT2D eigenvalue weighted by Crippen LogP contribution is 2.46. The summed E-state index contributed by atoms with van der Waals surface area (Å²) in [6, 6.07) is 7.64. The molecule has 154 valence electrons. The predicted octanol–water partition coefficient (Wildman–Crippen LogP) is 3.37. The molecule has 2 aliphatic heterocycles. The van der Waals surface area contributed by atoms with Crippen molar-refractivity contribution in [2.45, 2.75) is 57.4 Å². The van der Waals surface area contributed by atoms with Gasteiger partial charge in [0.05, 0.1) is 6.54 Å². The van der Waals surface area contributed by atoms with E-state index >= 15 is 0 Å². The minimum atomic E-state index is -0.831. The highest BCUT2D eigenvalue weighted by Gasteiger charge is 2.55. The van der Waals surface area contributed by atoms with Crippen LogP contribution in [-0.4, -0.2) is 41.8 Å². The fourth-order valence-electron chi connectivity index (χ4n) is 5.25. The largest absolute Gasteiger partial charge is 0.347 e. The van der Waals surface area contributed by atoms with Crippen molar-refractivity contribution in [3.05, 3.63) is 41.6 Å². The fourth-order valence-corrected chi connectivity index (χ4v) is 5.25. The van der Waals surface area contributed by atoms with E-state index in [4.69, 9.17) is 0 Å². The first-order valence-corrected chi connectivity index (χ1v) is 10.4. The van der Waals surface area contributed by atoms with Crippen LogP contribution >= 0.6 is 0 Å². The number of carbonyl (C=O) groups is 3. The Hall–Kier alpha value is -2.63. The zero-order valence-corrected chi connectivity index (χ0v) is 17.6. The van der Waals surface area contributed by atoms with Gasteiger partial charge in [-0.2, -0.15) is 0 Å². The Morgan fingerprint density at radius 2 is 1.97 bits per heavy atom. The van der Waals surface area contributed by atoms with Crippen molar-refractivity contribution in [2.75, 3.05) is 18.5 Å². The summed E-state index contributed by atoms with van der Waals surface area (Å²) < 4.78 is 0. The zero-order valence-electron chi connectivity index (χ0n) is 17.6. The first kappa shape index (κ1) is 19.7. The number of amides is 3. The van der Waals surface area contributed by atoms with Gasteiger partial charge in [-0.25, -0.2) is 4.79 Å². The number of allylic oxidation sites excluding steroid dienone is 1. The number of likely N-dealkylation sites (N-methyl/N-ethyl adjacent to an activating group) is 1. The molecule has 3 amide bonds. The van der Waals surface area contributed by atoms with Crippen LogP contribution in [0.15, 0.2) is 36.0 Å². The molecule has 1 spiro atoms. The Kier molecular flexibility index (Phi) is 4.56. The van der Waals surface area contributed by atoms with Gasteiger partial charge in [-0.05, 0) is 30.4 Å². The molecule has 2 fully saturated rings. The van der Waals surface area contributed by atoms with E-state index in [2.05, 4.69) is 25.2 Å². The van der Waals surface area contributed by atoms with Crippen LogP contribution in [-0.2, 0) is 15.0 Å². The maximum atomic E-state index is 13.1. The van der Waals surface area contributed by atoms with Gasteiger partial charge in [-0.1, -0.05) is 51.8 Å². The molecule has 6 nitrogen and oxygen atoms in total. The number of fused-ring (bicyclic) bond motifs is 1. The van der Waals surface area contributed by atoms with E-state index in [9.17, 15) is 14.4 Å². The third-order valence-electron chi connectivity index (χ3n) is 7.05. The third kappa shape index (κ3) is 2.88. The van der Waals surface area contributed by atoms with Crippen LogP contribution in [0.3, 0.4) is 0 Å². The van der Waals surface area contributed by atoms with E-state index in [-0.39, 0.29) is 29.6 Å². The van der Waals surface area contributed by atoms with Crippen molar-refractivity contribution in [3.8, 4) is 0 Å². The number of ketones is 1. The SMILES string of the molecule is C[C@@H]1CCCC[C@@]12NC(=O)N(CC(=O)C=C1N(C)c3ccccc3C1(C)C)C2=O. The summed E-state index contributed by atoms with van der Waals surface area (Å²) in [5, 5.41) is 2.91. The topological polar surface area (TPSA) is 69.7 Å². The average Bonchev–Trinajstić information content (AvgIpc) is 3.03. The van der Waals surface area contributed by atoms with Crippen molar-refractivity contribution in [1.29, 1.82) is 0 Å². The molecule has 0 aromatic heterocycles. The number of imide groups is 1. The van der Waals surface area contributed by atoms with E-state index < -0.39 is 11.6 Å². The number of nitrogens with one attached hydrogen (secondary N) is 1. The van der Waals surface area contributed by atoms with Crippen LogP contribution in [0.2, 0.25) is 0 Å². The number of hydrogen-bond donors (Lipinski definition) is 1. The molecule has 1 N–H and O–H groups in total. The summed E-state index contributed by atoms with van der Waals surface area (Å²) >= 11 is 0. The second kappa shape index (κ2) is 6.71. The number of nitrogens with zero attached hydrogens (tertiary/aromatic N) is 2. The molecular formula is C23H29N3O3. The van der Waals surface area contributed by atoms with Crippen molar-refractivity contribution < 1.29 is 14.4 Å². The molecule has 0 bridgehead atoms. The number of para-hydroxylation sites is 1. The second-order valence-corrected chi connectivity index (χ2v) is 9.14. The van der Waals surface area contributed by atoms with Crippen molar-refractivity contribution in [2.24, 2.45) is 5.92 Å². The zero-order chi connectivity index (χ0) is 21.0. The van der Waals surface area contributed by atoms with Gasteiger partial charge < -0.3 is 10.2 Å². The van der Waals surface area contributed by atoms with E-state index in [0.717, 1.165) is 41.1 Å². The van der Waals surface area contributed by atoms with Crippen molar-refractivity contribution in [1.82, 2.24) is 10.2 Å². The van der Waals surface area contributed by atoms with Gasteiger partial charge >= 0.3 is 6.03 Å². The lowest BCUT2D eigenvalue weighted by molar-refractivity contribution is -0.136. The molecule has 0 unspecified atom stereocenters. The standard InChI is InChI=1S/C23H29N3O3/c1-15-9-7-8-12-23(15)20(28)26(21(29)24-23)14-16(27)13-19-22(2,3)17-10-5-6-11-18(17)25(19)4/h5-6,10-11,13,15H,7-9,12,14H2,1-4H3,(H,24,29)/t15-,23-/m1/s1.